The number of rotatable bonds is 2. The van der Waals surface area contributed by atoms with E-state index in [0.29, 0.717) is 5.69 Å². The number of esters is 2. The summed E-state index contributed by atoms with van der Waals surface area (Å²) < 4.78 is 36.3. The van der Waals surface area contributed by atoms with Gasteiger partial charge in [-0.3, -0.25) is 0 Å². The maximum Gasteiger partial charge on any atom is 0.340 e. The van der Waals surface area contributed by atoms with E-state index in [4.69, 9.17) is 9.47 Å². The predicted octanol–water partition coefficient (Wildman–Crippen LogP) is 1.84. The Kier molecular flexibility index (Phi) is 4.09. The van der Waals surface area contributed by atoms with Crippen molar-refractivity contribution in [3.63, 3.8) is 0 Å². The van der Waals surface area contributed by atoms with E-state index in [1.807, 2.05) is 0 Å². The zero-order valence-corrected chi connectivity index (χ0v) is 14.9. The first-order chi connectivity index (χ1) is 10.5. The summed E-state index contributed by atoms with van der Waals surface area (Å²) in [6.45, 7) is 7.03. The van der Waals surface area contributed by atoms with Crippen LogP contribution in [0.25, 0.3) is 0 Å². The van der Waals surface area contributed by atoms with Crippen molar-refractivity contribution < 1.29 is 27.5 Å². The maximum atomic E-state index is 12.6. The lowest BCUT2D eigenvalue weighted by Gasteiger charge is -2.28. The van der Waals surface area contributed by atoms with Gasteiger partial charge >= 0.3 is 11.9 Å². The predicted molar refractivity (Wildman–Crippen MR) is 83.0 cm³/mol. The lowest BCUT2D eigenvalue weighted by Crippen LogP contribution is -2.28. The Bertz CT molecular complexity index is 782. The number of hydrogen-bond acceptors (Lipinski definition) is 6. The minimum atomic E-state index is -3.49. The molecule has 0 saturated carbocycles. The molecule has 7 nitrogen and oxygen atoms in total. The molecule has 0 aromatic carbocycles. The van der Waals surface area contributed by atoms with Gasteiger partial charge in [0.05, 0.1) is 31.1 Å². The average molecular weight is 343 g/mol. The van der Waals surface area contributed by atoms with E-state index in [2.05, 4.69) is 0 Å². The molecule has 128 valence electrons. The smallest absolute Gasteiger partial charge is 0.340 e. The highest BCUT2D eigenvalue weighted by atomic mass is 32.2. The number of carbonyl (C=O) groups excluding carboxylic acids is 2. The van der Waals surface area contributed by atoms with Crippen LogP contribution in [0.4, 0.5) is 0 Å². The van der Waals surface area contributed by atoms with E-state index in [1.165, 1.54) is 14.2 Å². The van der Waals surface area contributed by atoms with Gasteiger partial charge < -0.3 is 14.0 Å². The van der Waals surface area contributed by atoms with Gasteiger partial charge in [0, 0.05) is 11.4 Å². The third-order valence-electron chi connectivity index (χ3n) is 3.98. The molecule has 0 amide bonds. The van der Waals surface area contributed by atoms with Crippen LogP contribution in [-0.2, 0) is 25.1 Å². The molecule has 1 atom stereocenters. The molecule has 0 fully saturated rings. The third-order valence-corrected chi connectivity index (χ3v) is 6.26. The Balaban J connectivity index is 2.87. The molecule has 0 radical (unpaired) electrons. The van der Waals surface area contributed by atoms with E-state index >= 15 is 0 Å². The van der Waals surface area contributed by atoms with Crippen molar-refractivity contribution in [2.75, 3.05) is 14.2 Å². The van der Waals surface area contributed by atoms with Gasteiger partial charge in [0.15, 0.2) is 9.84 Å². The van der Waals surface area contributed by atoms with Crippen molar-refractivity contribution in [3.8, 4) is 0 Å². The third kappa shape index (κ3) is 2.54. The molecule has 8 heteroatoms. The van der Waals surface area contributed by atoms with Crippen molar-refractivity contribution in [1.82, 2.24) is 4.57 Å². The summed E-state index contributed by atoms with van der Waals surface area (Å²) in [5.74, 6) is -1.74. The minimum absolute atomic E-state index is 0.0211. The molecular formula is C15H21NO6S. The summed E-state index contributed by atoms with van der Waals surface area (Å²) in [6, 6.07) is 0. The van der Waals surface area contributed by atoms with Gasteiger partial charge in [-0.1, -0.05) is 20.8 Å². The Morgan fingerprint density at radius 1 is 1.09 bits per heavy atom. The van der Waals surface area contributed by atoms with Crippen molar-refractivity contribution in [2.24, 2.45) is 5.41 Å². The maximum absolute atomic E-state index is 12.6. The second-order valence-electron chi connectivity index (χ2n) is 6.66. The SMILES string of the molecule is COC(=O)c1c(C(=O)OC)c2n(c1C)[C@@H](C(C)(C)C)S(=O)(=O)C2. The molecule has 2 heterocycles. The molecule has 1 aromatic rings. The van der Waals surface area contributed by atoms with Crippen LogP contribution >= 0.6 is 0 Å². The van der Waals surface area contributed by atoms with Gasteiger partial charge in [-0.05, 0) is 12.3 Å². The van der Waals surface area contributed by atoms with Crippen LogP contribution < -0.4 is 0 Å². The quantitative estimate of drug-likeness (QED) is 0.761. The fourth-order valence-corrected chi connectivity index (χ4v) is 5.76. The highest BCUT2D eigenvalue weighted by Gasteiger charge is 2.48. The van der Waals surface area contributed by atoms with E-state index in [0.717, 1.165) is 0 Å². The number of methoxy groups -OCH3 is 2. The average Bonchev–Trinajstić information content (AvgIpc) is 2.86. The Hall–Kier alpha value is -1.83. The normalized spacial score (nSPS) is 19.3. The van der Waals surface area contributed by atoms with E-state index in [-0.39, 0.29) is 22.6 Å². The summed E-state index contributed by atoms with van der Waals surface area (Å²) in [6.07, 6.45) is 0. The van der Waals surface area contributed by atoms with Gasteiger partial charge in [0.1, 0.15) is 5.37 Å². The van der Waals surface area contributed by atoms with Gasteiger partial charge in [-0.2, -0.15) is 0 Å². The van der Waals surface area contributed by atoms with Gasteiger partial charge in [0.2, 0.25) is 0 Å². The first-order valence-corrected chi connectivity index (χ1v) is 8.80. The fourth-order valence-electron chi connectivity index (χ4n) is 3.26. The number of fused-ring (bicyclic) bond motifs is 1. The molecular weight excluding hydrogens is 322 g/mol. The monoisotopic (exact) mass is 343 g/mol. The Labute approximate surface area is 135 Å². The summed E-state index contributed by atoms with van der Waals surface area (Å²) in [7, 11) is -1.09. The lowest BCUT2D eigenvalue weighted by molar-refractivity contribution is 0.0555. The second kappa shape index (κ2) is 5.36. The van der Waals surface area contributed by atoms with Gasteiger partial charge in [-0.25, -0.2) is 18.0 Å². The number of carbonyl (C=O) groups is 2. The molecule has 0 N–H and O–H groups in total. The van der Waals surface area contributed by atoms with E-state index in [9.17, 15) is 18.0 Å². The van der Waals surface area contributed by atoms with Crippen LogP contribution in [0.15, 0.2) is 0 Å². The van der Waals surface area contributed by atoms with E-state index in [1.54, 1.807) is 32.3 Å². The van der Waals surface area contributed by atoms with Crippen LogP contribution in [0.1, 0.15) is 58.2 Å². The molecule has 0 bridgehead atoms. The fraction of sp³-hybridized carbons (Fsp3) is 0.600. The zero-order chi connectivity index (χ0) is 17.7. The largest absolute Gasteiger partial charge is 0.465 e. The highest BCUT2D eigenvalue weighted by Crippen LogP contribution is 2.46. The second-order valence-corrected chi connectivity index (χ2v) is 8.72. The number of hydrogen-bond donors (Lipinski definition) is 0. The van der Waals surface area contributed by atoms with Crippen LogP contribution in [0, 0.1) is 12.3 Å². The lowest BCUT2D eigenvalue weighted by atomic mass is 9.96. The molecule has 1 aromatic heterocycles. The molecule has 0 spiro atoms. The number of ether oxygens (including phenoxy) is 2. The van der Waals surface area contributed by atoms with Crippen molar-refractivity contribution >= 4 is 21.8 Å². The molecule has 23 heavy (non-hydrogen) atoms. The topological polar surface area (TPSA) is 91.7 Å². The van der Waals surface area contributed by atoms with Gasteiger partial charge in [0.25, 0.3) is 0 Å². The number of nitrogens with zero attached hydrogens (tertiary/aromatic N) is 1. The van der Waals surface area contributed by atoms with Crippen LogP contribution in [-0.4, -0.2) is 39.1 Å². The first-order valence-electron chi connectivity index (χ1n) is 7.09. The molecule has 0 unspecified atom stereocenters. The summed E-state index contributed by atoms with van der Waals surface area (Å²) >= 11 is 0. The zero-order valence-electron chi connectivity index (χ0n) is 14.1. The van der Waals surface area contributed by atoms with E-state index < -0.39 is 32.6 Å². The Morgan fingerprint density at radius 2 is 1.57 bits per heavy atom. The van der Waals surface area contributed by atoms with Crippen LogP contribution in [0.5, 0.6) is 0 Å². The summed E-state index contributed by atoms with van der Waals surface area (Å²) in [5.41, 5.74) is 0.128. The first kappa shape index (κ1) is 17.5. The molecule has 0 saturated heterocycles. The number of sulfone groups is 1. The van der Waals surface area contributed by atoms with Crippen molar-refractivity contribution in [3.05, 3.63) is 22.5 Å². The molecule has 1 aliphatic heterocycles. The van der Waals surface area contributed by atoms with Crippen molar-refractivity contribution in [1.29, 1.82) is 0 Å². The van der Waals surface area contributed by atoms with Gasteiger partial charge in [-0.15, -0.1) is 0 Å². The summed E-state index contributed by atoms with van der Waals surface area (Å²) in [4.78, 5) is 24.3. The van der Waals surface area contributed by atoms with Crippen molar-refractivity contribution in [2.45, 2.75) is 38.8 Å². The minimum Gasteiger partial charge on any atom is -0.465 e. The standard InChI is InChI=1S/C15H21NO6S/c1-8-10(12(17)21-5)11(13(18)22-6)9-7-23(19,20)14(16(8)9)15(2,3)4/h14H,7H2,1-6H3/t14-/m1/s1. The number of aromatic nitrogens is 1. The van der Waals surface area contributed by atoms with Crippen LogP contribution in [0.2, 0.25) is 0 Å². The molecule has 2 rings (SSSR count). The summed E-state index contributed by atoms with van der Waals surface area (Å²) in [5, 5.41) is -0.855. The highest BCUT2D eigenvalue weighted by molar-refractivity contribution is 7.91. The molecule has 1 aliphatic rings. The molecule has 0 aliphatic carbocycles. The van der Waals surface area contributed by atoms with Crippen LogP contribution in [0.3, 0.4) is 0 Å². The Morgan fingerprint density at radius 3 is 2.00 bits per heavy atom.